The van der Waals surface area contributed by atoms with Crippen LogP contribution in [0.2, 0.25) is 0 Å². The molecule has 0 saturated heterocycles. The van der Waals surface area contributed by atoms with Gasteiger partial charge in [0.2, 0.25) is 0 Å². The van der Waals surface area contributed by atoms with Crippen LogP contribution in [0.5, 0.6) is 5.75 Å². The topological polar surface area (TPSA) is 41.5 Å². The van der Waals surface area contributed by atoms with E-state index in [1.807, 2.05) is 6.92 Å². The smallest absolute Gasteiger partial charge is 0.387 e. The van der Waals surface area contributed by atoms with E-state index in [0.717, 1.165) is 6.42 Å². The van der Waals surface area contributed by atoms with E-state index in [2.05, 4.69) is 10.1 Å². The van der Waals surface area contributed by atoms with Gasteiger partial charge in [-0.2, -0.15) is 8.78 Å². The first-order valence-electron chi connectivity index (χ1n) is 5.54. The highest BCUT2D eigenvalue weighted by Gasteiger charge is 2.10. The third kappa shape index (κ3) is 4.66. The van der Waals surface area contributed by atoms with E-state index in [-0.39, 0.29) is 18.4 Å². The number of rotatable bonds is 7. The van der Waals surface area contributed by atoms with Gasteiger partial charge < -0.3 is 15.2 Å². The van der Waals surface area contributed by atoms with Crippen molar-refractivity contribution in [2.75, 3.05) is 6.61 Å². The summed E-state index contributed by atoms with van der Waals surface area (Å²) in [4.78, 5) is 0. The van der Waals surface area contributed by atoms with Crippen molar-refractivity contribution in [1.29, 1.82) is 0 Å². The van der Waals surface area contributed by atoms with Crippen LogP contribution < -0.4 is 10.1 Å². The Morgan fingerprint density at radius 3 is 2.65 bits per heavy atom. The van der Waals surface area contributed by atoms with Crippen LogP contribution in [0.1, 0.15) is 18.9 Å². The van der Waals surface area contributed by atoms with E-state index in [1.54, 1.807) is 18.2 Å². The van der Waals surface area contributed by atoms with Crippen LogP contribution in [-0.2, 0) is 6.54 Å². The van der Waals surface area contributed by atoms with E-state index in [4.69, 9.17) is 5.11 Å². The van der Waals surface area contributed by atoms with Crippen molar-refractivity contribution in [3.63, 3.8) is 0 Å². The summed E-state index contributed by atoms with van der Waals surface area (Å²) in [6.07, 6.45) is 0.772. The predicted octanol–water partition coefficient (Wildman–Crippen LogP) is 2.15. The number of ether oxygens (including phenoxy) is 1. The Kier molecular flexibility index (Phi) is 5.86. The van der Waals surface area contributed by atoms with Gasteiger partial charge in [0, 0.05) is 18.2 Å². The van der Waals surface area contributed by atoms with Gasteiger partial charge in [-0.15, -0.1) is 0 Å². The molecular formula is C12H17F2NO2. The van der Waals surface area contributed by atoms with Crippen molar-refractivity contribution in [2.24, 2.45) is 0 Å². The molecule has 0 heterocycles. The summed E-state index contributed by atoms with van der Waals surface area (Å²) in [5.74, 6) is 0.169. The Morgan fingerprint density at radius 2 is 2.06 bits per heavy atom. The minimum atomic E-state index is -2.82. The Hall–Kier alpha value is -1.20. The van der Waals surface area contributed by atoms with Crippen LogP contribution in [0.4, 0.5) is 8.78 Å². The predicted molar refractivity (Wildman–Crippen MR) is 61.1 cm³/mol. The summed E-state index contributed by atoms with van der Waals surface area (Å²) < 4.78 is 28.7. The Balaban J connectivity index is 2.63. The molecule has 0 saturated carbocycles. The number of aliphatic hydroxyl groups excluding tert-OH is 1. The van der Waals surface area contributed by atoms with Crippen molar-refractivity contribution < 1.29 is 18.6 Å². The first-order valence-corrected chi connectivity index (χ1v) is 5.54. The second kappa shape index (κ2) is 7.19. The SMILES string of the molecule is CCC(CO)NCc1ccccc1OC(F)F. The zero-order valence-electron chi connectivity index (χ0n) is 9.70. The molecule has 5 heteroatoms. The highest BCUT2D eigenvalue weighted by atomic mass is 19.3. The summed E-state index contributed by atoms with van der Waals surface area (Å²) in [6, 6.07) is 6.59. The van der Waals surface area contributed by atoms with Crippen LogP contribution in [0.25, 0.3) is 0 Å². The van der Waals surface area contributed by atoms with E-state index >= 15 is 0 Å². The molecule has 17 heavy (non-hydrogen) atoms. The maximum atomic E-state index is 12.1. The van der Waals surface area contributed by atoms with Crippen molar-refractivity contribution in [3.8, 4) is 5.75 Å². The van der Waals surface area contributed by atoms with E-state index in [0.29, 0.717) is 12.1 Å². The van der Waals surface area contributed by atoms with Crippen molar-refractivity contribution in [3.05, 3.63) is 29.8 Å². The average molecular weight is 245 g/mol. The van der Waals surface area contributed by atoms with E-state index < -0.39 is 6.61 Å². The minimum absolute atomic E-state index is 0.0222. The molecule has 1 aromatic rings. The van der Waals surface area contributed by atoms with Crippen molar-refractivity contribution in [1.82, 2.24) is 5.32 Å². The largest absolute Gasteiger partial charge is 0.434 e. The van der Waals surface area contributed by atoms with Crippen LogP contribution in [0.15, 0.2) is 24.3 Å². The lowest BCUT2D eigenvalue weighted by Crippen LogP contribution is -2.31. The van der Waals surface area contributed by atoms with Crippen molar-refractivity contribution >= 4 is 0 Å². The number of hydrogen-bond donors (Lipinski definition) is 2. The fourth-order valence-electron chi connectivity index (χ4n) is 1.45. The molecule has 96 valence electrons. The molecule has 3 nitrogen and oxygen atoms in total. The summed E-state index contributed by atoms with van der Waals surface area (Å²) in [5.41, 5.74) is 0.653. The number of nitrogens with one attached hydrogen (secondary N) is 1. The molecule has 0 radical (unpaired) electrons. The monoisotopic (exact) mass is 245 g/mol. The average Bonchev–Trinajstić information content (AvgIpc) is 2.31. The lowest BCUT2D eigenvalue weighted by molar-refractivity contribution is -0.0505. The number of hydrogen-bond acceptors (Lipinski definition) is 3. The normalized spacial score (nSPS) is 12.8. The van der Waals surface area contributed by atoms with Gasteiger partial charge in [0.15, 0.2) is 0 Å². The molecule has 0 aliphatic carbocycles. The molecule has 0 bridgehead atoms. The number of halogens is 2. The molecule has 1 rings (SSSR count). The van der Waals surface area contributed by atoms with Crippen LogP contribution in [0, 0.1) is 0 Å². The second-order valence-corrected chi connectivity index (χ2v) is 3.65. The molecule has 0 fully saturated rings. The van der Waals surface area contributed by atoms with E-state index in [1.165, 1.54) is 6.07 Å². The highest BCUT2D eigenvalue weighted by Crippen LogP contribution is 2.20. The Morgan fingerprint density at radius 1 is 1.35 bits per heavy atom. The summed E-state index contributed by atoms with van der Waals surface area (Å²) in [7, 11) is 0. The maximum absolute atomic E-state index is 12.1. The molecule has 0 aliphatic rings. The Labute approximate surface area is 99.4 Å². The zero-order valence-corrected chi connectivity index (χ0v) is 9.70. The molecular weight excluding hydrogens is 228 g/mol. The first-order chi connectivity index (χ1) is 8.17. The molecule has 0 spiro atoms. The van der Waals surface area contributed by atoms with Crippen LogP contribution >= 0.6 is 0 Å². The molecule has 0 aliphatic heterocycles. The quantitative estimate of drug-likeness (QED) is 0.773. The van der Waals surface area contributed by atoms with Gasteiger partial charge in [0.05, 0.1) is 6.61 Å². The van der Waals surface area contributed by atoms with Crippen molar-refractivity contribution in [2.45, 2.75) is 32.5 Å². The number of benzene rings is 1. The summed E-state index contributed by atoms with van der Waals surface area (Å²) >= 11 is 0. The van der Waals surface area contributed by atoms with Gasteiger partial charge in [0.1, 0.15) is 5.75 Å². The van der Waals surface area contributed by atoms with Gasteiger partial charge in [-0.25, -0.2) is 0 Å². The lowest BCUT2D eigenvalue weighted by Gasteiger charge is -2.16. The molecule has 0 amide bonds. The molecule has 1 atom stereocenters. The highest BCUT2D eigenvalue weighted by molar-refractivity contribution is 5.33. The standard InChI is InChI=1S/C12H17F2NO2/c1-2-10(8-16)15-7-9-5-3-4-6-11(9)17-12(13)14/h3-6,10,12,15-16H,2,7-8H2,1H3. The van der Waals surface area contributed by atoms with E-state index in [9.17, 15) is 8.78 Å². The number of alkyl halides is 2. The third-order valence-electron chi connectivity index (χ3n) is 2.48. The second-order valence-electron chi connectivity index (χ2n) is 3.65. The van der Waals surface area contributed by atoms with Gasteiger partial charge >= 0.3 is 6.61 Å². The Bertz CT molecular complexity index is 330. The van der Waals surface area contributed by atoms with Crippen LogP contribution in [0.3, 0.4) is 0 Å². The molecule has 1 unspecified atom stereocenters. The van der Waals surface area contributed by atoms with Gasteiger partial charge in [-0.1, -0.05) is 25.1 Å². The molecule has 0 aromatic heterocycles. The fourth-order valence-corrected chi connectivity index (χ4v) is 1.45. The molecule has 1 aromatic carbocycles. The van der Waals surface area contributed by atoms with Gasteiger partial charge in [-0.05, 0) is 12.5 Å². The maximum Gasteiger partial charge on any atom is 0.387 e. The minimum Gasteiger partial charge on any atom is -0.434 e. The fraction of sp³-hybridized carbons (Fsp3) is 0.500. The van der Waals surface area contributed by atoms with Crippen LogP contribution in [-0.4, -0.2) is 24.4 Å². The van der Waals surface area contributed by atoms with Gasteiger partial charge in [-0.3, -0.25) is 0 Å². The summed E-state index contributed by atoms with van der Waals surface area (Å²) in [5, 5.41) is 12.1. The summed E-state index contributed by atoms with van der Waals surface area (Å²) in [6.45, 7) is -0.470. The lowest BCUT2D eigenvalue weighted by atomic mass is 10.1. The number of aliphatic hydroxyl groups is 1. The first kappa shape index (κ1) is 13.9. The third-order valence-corrected chi connectivity index (χ3v) is 2.48. The molecule has 2 N–H and O–H groups in total. The van der Waals surface area contributed by atoms with Gasteiger partial charge in [0.25, 0.3) is 0 Å². The zero-order chi connectivity index (χ0) is 12.7. The number of para-hydroxylation sites is 1.